The van der Waals surface area contributed by atoms with Crippen LogP contribution in [0.1, 0.15) is 23.0 Å². The average molecular weight is 534 g/mol. The molecular formula is C38H32NP. The summed E-state index contributed by atoms with van der Waals surface area (Å²) in [4.78, 5) is 2.70. The first-order valence-electron chi connectivity index (χ1n) is 14.1. The molecule has 0 aliphatic carbocycles. The van der Waals surface area contributed by atoms with Gasteiger partial charge in [0, 0.05) is 35.6 Å². The third-order valence-electron chi connectivity index (χ3n) is 8.24. The molecule has 6 aromatic carbocycles. The number of anilines is 1. The number of hydrogen-bond donors (Lipinski definition) is 0. The lowest BCUT2D eigenvalue weighted by Gasteiger charge is -2.29. The number of hydrogen-bond acceptors (Lipinski definition) is 1. The lowest BCUT2D eigenvalue weighted by Crippen LogP contribution is -2.29. The fourth-order valence-corrected chi connectivity index (χ4v) is 8.89. The van der Waals surface area contributed by atoms with Crippen LogP contribution in [0.3, 0.4) is 0 Å². The summed E-state index contributed by atoms with van der Waals surface area (Å²) >= 11 is 0. The van der Waals surface area contributed by atoms with Gasteiger partial charge in [-0.15, -0.1) is 0 Å². The fourth-order valence-electron chi connectivity index (χ4n) is 6.40. The molecule has 1 aliphatic heterocycles. The molecule has 0 saturated carbocycles. The summed E-state index contributed by atoms with van der Waals surface area (Å²) in [6.45, 7) is 1.99. The van der Waals surface area contributed by atoms with Crippen molar-refractivity contribution in [2.45, 2.75) is 11.8 Å². The van der Waals surface area contributed by atoms with Crippen LogP contribution in [0.25, 0.3) is 10.8 Å². The molecule has 1 nitrogen and oxygen atoms in total. The van der Waals surface area contributed by atoms with Crippen LogP contribution in [-0.2, 0) is 0 Å². The smallest absolute Gasteiger partial charge is 0.0531 e. The number of fused-ring (bicyclic) bond motifs is 1. The van der Waals surface area contributed by atoms with Crippen molar-refractivity contribution >= 4 is 40.3 Å². The van der Waals surface area contributed by atoms with E-state index in [4.69, 9.17) is 0 Å². The molecule has 0 amide bonds. The molecule has 2 heteroatoms. The second kappa shape index (κ2) is 11.1. The lowest BCUT2D eigenvalue weighted by atomic mass is 9.84. The SMILES string of the molecule is c1ccc([C@@H]2CN(c3c(P(c4ccccc4)c4ccccc4)ccc4ccccc34)C[C@H]2c2ccccc2)cc1. The van der Waals surface area contributed by atoms with Crippen molar-refractivity contribution in [3.8, 4) is 0 Å². The fraction of sp³-hybridized carbons (Fsp3) is 0.105. The molecular weight excluding hydrogens is 501 g/mol. The highest BCUT2D eigenvalue weighted by Gasteiger charge is 2.37. The summed E-state index contributed by atoms with van der Waals surface area (Å²) in [7, 11) is -0.735. The molecule has 0 radical (unpaired) electrons. The Morgan fingerprint density at radius 2 is 0.900 bits per heavy atom. The summed E-state index contributed by atoms with van der Waals surface area (Å²) in [6, 6.07) is 58.1. The highest BCUT2D eigenvalue weighted by Crippen LogP contribution is 2.46. The Labute approximate surface area is 238 Å². The van der Waals surface area contributed by atoms with Crippen molar-refractivity contribution in [3.05, 3.63) is 169 Å². The largest absolute Gasteiger partial charge is 0.369 e. The van der Waals surface area contributed by atoms with Crippen LogP contribution in [0.4, 0.5) is 5.69 Å². The molecule has 1 heterocycles. The molecule has 0 N–H and O–H groups in total. The molecule has 40 heavy (non-hydrogen) atoms. The van der Waals surface area contributed by atoms with Gasteiger partial charge in [0.1, 0.15) is 0 Å². The molecule has 0 unspecified atom stereocenters. The van der Waals surface area contributed by atoms with Gasteiger partial charge in [-0.1, -0.05) is 158 Å². The molecule has 0 bridgehead atoms. The van der Waals surface area contributed by atoms with E-state index in [9.17, 15) is 0 Å². The van der Waals surface area contributed by atoms with E-state index in [2.05, 4.69) is 163 Å². The lowest BCUT2D eigenvalue weighted by molar-refractivity contribution is 0.666. The van der Waals surface area contributed by atoms with Gasteiger partial charge in [-0.3, -0.25) is 0 Å². The van der Waals surface area contributed by atoms with E-state index in [-0.39, 0.29) is 0 Å². The maximum atomic E-state index is 2.70. The number of benzene rings is 6. The Balaban J connectivity index is 1.43. The Kier molecular flexibility index (Phi) is 6.90. The summed E-state index contributed by atoms with van der Waals surface area (Å²) in [5.74, 6) is 0.852. The molecule has 1 saturated heterocycles. The number of rotatable bonds is 6. The van der Waals surface area contributed by atoms with Gasteiger partial charge in [0.15, 0.2) is 0 Å². The van der Waals surface area contributed by atoms with E-state index in [0.29, 0.717) is 11.8 Å². The van der Waals surface area contributed by atoms with E-state index in [1.54, 1.807) is 0 Å². The monoisotopic (exact) mass is 533 g/mol. The van der Waals surface area contributed by atoms with Crippen LogP contribution >= 0.6 is 7.92 Å². The van der Waals surface area contributed by atoms with Gasteiger partial charge < -0.3 is 4.90 Å². The Bertz CT molecular complexity index is 1610. The van der Waals surface area contributed by atoms with Crippen LogP contribution in [0.15, 0.2) is 158 Å². The molecule has 7 rings (SSSR count). The third-order valence-corrected chi connectivity index (χ3v) is 10.7. The molecule has 2 atom stereocenters. The van der Waals surface area contributed by atoms with E-state index < -0.39 is 7.92 Å². The van der Waals surface area contributed by atoms with Crippen molar-refractivity contribution in [2.24, 2.45) is 0 Å². The molecule has 6 aromatic rings. The Morgan fingerprint density at radius 1 is 0.450 bits per heavy atom. The normalized spacial score (nSPS) is 17.0. The van der Waals surface area contributed by atoms with E-state index in [1.807, 2.05) is 0 Å². The molecule has 1 aliphatic rings. The van der Waals surface area contributed by atoms with Crippen molar-refractivity contribution < 1.29 is 0 Å². The zero-order valence-electron chi connectivity index (χ0n) is 22.5. The number of nitrogens with zero attached hydrogens (tertiary/aromatic N) is 1. The minimum Gasteiger partial charge on any atom is -0.369 e. The third kappa shape index (κ3) is 4.72. The van der Waals surface area contributed by atoms with Gasteiger partial charge in [-0.25, -0.2) is 0 Å². The zero-order valence-corrected chi connectivity index (χ0v) is 23.4. The Hall–Kier alpha value is -4.19. The van der Waals surface area contributed by atoms with Gasteiger partial charge in [-0.05, 0) is 35.0 Å². The maximum absolute atomic E-state index is 2.70. The van der Waals surface area contributed by atoms with Crippen LogP contribution in [-0.4, -0.2) is 13.1 Å². The minimum absolute atomic E-state index is 0.426. The van der Waals surface area contributed by atoms with Crippen molar-refractivity contribution in [2.75, 3.05) is 18.0 Å². The van der Waals surface area contributed by atoms with Crippen LogP contribution in [0.2, 0.25) is 0 Å². The molecule has 1 fully saturated rings. The minimum atomic E-state index is -0.735. The average Bonchev–Trinajstić information content (AvgIpc) is 3.48. The Morgan fingerprint density at radius 3 is 1.43 bits per heavy atom. The first kappa shape index (κ1) is 24.8. The van der Waals surface area contributed by atoms with E-state index in [0.717, 1.165) is 13.1 Å². The quantitative estimate of drug-likeness (QED) is 0.196. The topological polar surface area (TPSA) is 3.24 Å². The molecule has 0 aromatic heterocycles. The first-order valence-corrected chi connectivity index (χ1v) is 15.5. The summed E-state index contributed by atoms with van der Waals surface area (Å²) in [6.07, 6.45) is 0. The summed E-state index contributed by atoms with van der Waals surface area (Å²) in [5.41, 5.74) is 4.25. The van der Waals surface area contributed by atoms with Crippen LogP contribution in [0.5, 0.6) is 0 Å². The second-order valence-electron chi connectivity index (χ2n) is 10.6. The van der Waals surface area contributed by atoms with Crippen molar-refractivity contribution in [1.82, 2.24) is 0 Å². The van der Waals surface area contributed by atoms with Gasteiger partial charge in [0.2, 0.25) is 0 Å². The predicted molar refractivity (Wildman–Crippen MR) is 173 cm³/mol. The predicted octanol–water partition coefficient (Wildman–Crippen LogP) is 7.99. The molecule has 194 valence electrons. The summed E-state index contributed by atoms with van der Waals surface area (Å²) in [5, 5.41) is 6.86. The van der Waals surface area contributed by atoms with Crippen LogP contribution < -0.4 is 20.8 Å². The van der Waals surface area contributed by atoms with Gasteiger partial charge >= 0.3 is 0 Å². The highest BCUT2D eigenvalue weighted by molar-refractivity contribution is 7.80. The summed E-state index contributed by atoms with van der Waals surface area (Å²) < 4.78 is 0. The zero-order chi connectivity index (χ0) is 26.7. The maximum Gasteiger partial charge on any atom is 0.0531 e. The van der Waals surface area contributed by atoms with Gasteiger partial charge in [0.05, 0.1) is 5.69 Å². The van der Waals surface area contributed by atoms with Gasteiger partial charge in [0.25, 0.3) is 0 Å². The second-order valence-corrected chi connectivity index (χ2v) is 12.8. The van der Waals surface area contributed by atoms with E-state index >= 15 is 0 Å². The standard InChI is InChI=1S/C38H32NP/c1-5-15-29(16-6-1)35-27-39(28-36(35)30-17-7-2-8-18-30)38-34-24-14-13-19-31(34)25-26-37(38)40(32-20-9-3-10-21-32)33-22-11-4-12-23-33/h1-26,35-36H,27-28H2/t35-,36-/m0/s1. The first-order chi connectivity index (χ1) is 19.9. The van der Waals surface area contributed by atoms with E-state index in [1.165, 1.54) is 43.5 Å². The van der Waals surface area contributed by atoms with Crippen LogP contribution in [0, 0.1) is 0 Å². The van der Waals surface area contributed by atoms with Crippen molar-refractivity contribution in [1.29, 1.82) is 0 Å². The van der Waals surface area contributed by atoms with Crippen molar-refractivity contribution in [3.63, 3.8) is 0 Å². The highest BCUT2D eigenvalue weighted by atomic mass is 31.1. The molecule has 0 spiro atoms. The van der Waals surface area contributed by atoms with Gasteiger partial charge in [-0.2, -0.15) is 0 Å².